The predicted octanol–water partition coefficient (Wildman–Crippen LogP) is 2.19. The van der Waals surface area contributed by atoms with E-state index in [-0.39, 0.29) is 16.3 Å². The van der Waals surface area contributed by atoms with E-state index in [9.17, 15) is 13.2 Å². The minimum atomic E-state index is -3.83. The fraction of sp³-hybridized carbons (Fsp3) is 0.412. The second-order valence-corrected chi connectivity index (χ2v) is 7.85. The molecule has 3 rings (SSSR count). The largest absolute Gasteiger partial charge is 0.464 e. The zero-order valence-electron chi connectivity index (χ0n) is 14.5. The third-order valence-corrected chi connectivity index (χ3v) is 5.93. The van der Waals surface area contributed by atoms with Gasteiger partial charge in [-0.1, -0.05) is 6.07 Å². The molecule has 1 aromatic heterocycles. The summed E-state index contributed by atoms with van der Waals surface area (Å²) >= 11 is 0. The molecule has 0 aliphatic heterocycles. The molecule has 0 atom stereocenters. The Balaban J connectivity index is 1.99. The third-order valence-electron chi connectivity index (χ3n) is 4.58. The zero-order chi connectivity index (χ0) is 18.2. The Morgan fingerprint density at radius 1 is 1.24 bits per heavy atom. The number of aromatic nitrogens is 2. The molecule has 8 heteroatoms. The second kappa shape index (κ2) is 6.51. The lowest BCUT2D eigenvalue weighted by Gasteiger charge is -2.17. The van der Waals surface area contributed by atoms with Gasteiger partial charge in [0.1, 0.15) is 5.69 Å². The van der Waals surface area contributed by atoms with Crippen molar-refractivity contribution >= 4 is 21.7 Å². The molecule has 1 aromatic carbocycles. The number of sulfonamides is 1. The molecule has 0 radical (unpaired) electrons. The van der Waals surface area contributed by atoms with Crippen LogP contribution in [0.2, 0.25) is 0 Å². The number of hydrogen-bond acceptors (Lipinski definition) is 5. The molecule has 0 bridgehead atoms. The van der Waals surface area contributed by atoms with E-state index in [1.54, 1.807) is 26.1 Å². The van der Waals surface area contributed by atoms with Crippen molar-refractivity contribution in [2.45, 2.75) is 37.5 Å². The van der Waals surface area contributed by atoms with Crippen LogP contribution in [0.5, 0.6) is 0 Å². The smallest absolute Gasteiger partial charge is 0.360 e. The van der Waals surface area contributed by atoms with Crippen LogP contribution in [0, 0.1) is 6.92 Å². The van der Waals surface area contributed by atoms with Crippen molar-refractivity contribution in [3.8, 4) is 0 Å². The van der Waals surface area contributed by atoms with Crippen LogP contribution in [0.25, 0.3) is 0 Å². The molecule has 0 spiro atoms. The minimum absolute atomic E-state index is 0.0518. The van der Waals surface area contributed by atoms with Crippen LogP contribution in [-0.2, 0) is 34.6 Å². The summed E-state index contributed by atoms with van der Waals surface area (Å²) in [4.78, 5) is 12.1. The number of ether oxygens (including phenoxy) is 1. The van der Waals surface area contributed by atoms with Crippen LogP contribution < -0.4 is 4.72 Å². The highest BCUT2D eigenvalue weighted by Crippen LogP contribution is 2.27. The van der Waals surface area contributed by atoms with Gasteiger partial charge < -0.3 is 4.74 Å². The molecule has 7 nitrogen and oxygen atoms in total. The van der Waals surface area contributed by atoms with Crippen LogP contribution in [0.1, 0.15) is 40.2 Å². The maximum absolute atomic E-state index is 12.8. The first-order valence-corrected chi connectivity index (χ1v) is 9.58. The van der Waals surface area contributed by atoms with E-state index in [0.29, 0.717) is 5.69 Å². The molecule has 134 valence electrons. The van der Waals surface area contributed by atoms with E-state index in [2.05, 4.69) is 9.82 Å². The molecular formula is C17H21N3O4S. The average molecular weight is 363 g/mol. The summed E-state index contributed by atoms with van der Waals surface area (Å²) in [5.74, 6) is -0.688. The lowest BCUT2D eigenvalue weighted by molar-refractivity contribution is 0.0594. The quantitative estimate of drug-likeness (QED) is 0.841. The number of benzene rings is 1. The fourth-order valence-corrected chi connectivity index (χ4v) is 4.22. The Labute approximate surface area is 147 Å². The molecule has 0 fully saturated rings. The monoisotopic (exact) mass is 363 g/mol. The van der Waals surface area contributed by atoms with Gasteiger partial charge in [-0.25, -0.2) is 13.2 Å². The van der Waals surface area contributed by atoms with Gasteiger partial charge in [0.25, 0.3) is 10.0 Å². The van der Waals surface area contributed by atoms with E-state index >= 15 is 0 Å². The van der Waals surface area contributed by atoms with E-state index in [4.69, 9.17) is 4.74 Å². The summed E-state index contributed by atoms with van der Waals surface area (Å²) in [5.41, 5.74) is 2.90. The molecule has 0 amide bonds. The van der Waals surface area contributed by atoms with E-state index in [1.807, 2.05) is 6.07 Å². The molecule has 2 aromatic rings. The molecule has 0 saturated heterocycles. The Morgan fingerprint density at radius 3 is 2.60 bits per heavy atom. The number of fused-ring (bicyclic) bond motifs is 1. The summed E-state index contributed by atoms with van der Waals surface area (Å²) in [5, 5.41) is 4.04. The van der Waals surface area contributed by atoms with Crippen molar-refractivity contribution in [3.05, 3.63) is 40.7 Å². The molecule has 1 heterocycles. The molecule has 1 aliphatic rings. The van der Waals surface area contributed by atoms with Crippen molar-refractivity contribution in [3.63, 3.8) is 0 Å². The molecule has 1 N–H and O–H groups in total. The highest BCUT2D eigenvalue weighted by atomic mass is 32.2. The van der Waals surface area contributed by atoms with Crippen molar-refractivity contribution in [2.24, 2.45) is 7.05 Å². The molecular weight excluding hydrogens is 342 g/mol. The number of nitrogens with one attached hydrogen (secondary N) is 1. The van der Waals surface area contributed by atoms with Gasteiger partial charge in [-0.2, -0.15) is 5.10 Å². The summed E-state index contributed by atoms with van der Waals surface area (Å²) in [6, 6.07) is 5.21. The predicted molar refractivity (Wildman–Crippen MR) is 93.2 cm³/mol. The van der Waals surface area contributed by atoms with Gasteiger partial charge in [0, 0.05) is 7.05 Å². The first-order chi connectivity index (χ1) is 11.8. The maximum Gasteiger partial charge on any atom is 0.360 e. The highest BCUT2D eigenvalue weighted by molar-refractivity contribution is 7.92. The number of anilines is 1. The second-order valence-electron chi connectivity index (χ2n) is 6.17. The van der Waals surface area contributed by atoms with Crippen LogP contribution in [-0.4, -0.2) is 31.3 Å². The van der Waals surface area contributed by atoms with Crippen LogP contribution >= 0.6 is 0 Å². The zero-order valence-corrected chi connectivity index (χ0v) is 15.3. The van der Waals surface area contributed by atoms with Gasteiger partial charge in [-0.05, 0) is 55.9 Å². The number of rotatable bonds is 4. The topological polar surface area (TPSA) is 90.3 Å². The van der Waals surface area contributed by atoms with Crippen LogP contribution in [0.15, 0.2) is 23.1 Å². The van der Waals surface area contributed by atoms with Crippen molar-refractivity contribution in [1.82, 2.24) is 9.78 Å². The normalized spacial score (nSPS) is 14.0. The minimum Gasteiger partial charge on any atom is -0.464 e. The third kappa shape index (κ3) is 3.26. The number of methoxy groups -OCH3 is 1. The molecule has 1 aliphatic carbocycles. The van der Waals surface area contributed by atoms with Gasteiger partial charge in [0.2, 0.25) is 0 Å². The molecule has 0 unspecified atom stereocenters. The van der Waals surface area contributed by atoms with E-state index < -0.39 is 16.0 Å². The summed E-state index contributed by atoms with van der Waals surface area (Å²) in [6.45, 7) is 1.68. The van der Waals surface area contributed by atoms with Gasteiger partial charge in [-0.3, -0.25) is 9.40 Å². The standard InChI is InChI=1S/C17H21N3O4S/c1-11-15(16(17(21)24-3)18-20(11)2)19-25(22,23)14-9-8-12-6-4-5-7-13(12)10-14/h8-10,19H,4-7H2,1-3H3. The molecule has 25 heavy (non-hydrogen) atoms. The number of hydrogen-bond donors (Lipinski definition) is 1. The lowest BCUT2D eigenvalue weighted by Crippen LogP contribution is -2.17. The van der Waals surface area contributed by atoms with Crippen LogP contribution in [0.4, 0.5) is 5.69 Å². The number of aryl methyl sites for hydroxylation is 3. The summed E-state index contributed by atoms with van der Waals surface area (Å²) < 4.78 is 34.3. The van der Waals surface area contributed by atoms with Gasteiger partial charge in [0.05, 0.1) is 17.7 Å². The Morgan fingerprint density at radius 2 is 1.92 bits per heavy atom. The molecule has 0 saturated carbocycles. The van der Waals surface area contributed by atoms with E-state index in [1.165, 1.54) is 17.4 Å². The maximum atomic E-state index is 12.8. The highest BCUT2D eigenvalue weighted by Gasteiger charge is 2.26. The Hall–Kier alpha value is -2.35. The van der Waals surface area contributed by atoms with E-state index in [0.717, 1.165) is 31.2 Å². The first kappa shape index (κ1) is 17.5. The fourth-order valence-electron chi connectivity index (χ4n) is 3.04. The van der Waals surface area contributed by atoms with Crippen molar-refractivity contribution in [1.29, 1.82) is 0 Å². The summed E-state index contributed by atoms with van der Waals surface area (Å²) in [7, 11) is -0.964. The van der Waals surface area contributed by atoms with Crippen molar-refractivity contribution in [2.75, 3.05) is 11.8 Å². The van der Waals surface area contributed by atoms with Gasteiger partial charge >= 0.3 is 5.97 Å². The first-order valence-electron chi connectivity index (χ1n) is 8.10. The van der Waals surface area contributed by atoms with Crippen LogP contribution in [0.3, 0.4) is 0 Å². The number of carbonyl (C=O) groups is 1. The number of carbonyl (C=O) groups excluding carboxylic acids is 1. The van der Waals surface area contributed by atoms with Crippen molar-refractivity contribution < 1.29 is 17.9 Å². The van der Waals surface area contributed by atoms with Gasteiger partial charge in [0.15, 0.2) is 5.69 Å². The number of nitrogens with zero attached hydrogens (tertiary/aromatic N) is 2. The lowest BCUT2D eigenvalue weighted by atomic mass is 9.92. The SMILES string of the molecule is COC(=O)c1nn(C)c(C)c1NS(=O)(=O)c1ccc2c(c1)CCCC2. The van der Waals surface area contributed by atoms with Gasteiger partial charge in [-0.15, -0.1) is 0 Å². The summed E-state index contributed by atoms with van der Waals surface area (Å²) in [6.07, 6.45) is 4.07. The number of esters is 1. The average Bonchev–Trinajstić information content (AvgIpc) is 2.88. The Bertz CT molecular complexity index is 932. The Kier molecular flexibility index (Phi) is 4.55.